The molecule has 1 aromatic heterocycles. The van der Waals surface area contributed by atoms with Gasteiger partial charge in [-0.1, -0.05) is 136 Å². The van der Waals surface area contributed by atoms with Gasteiger partial charge in [-0.05, 0) is 61.1 Å². The van der Waals surface area contributed by atoms with Crippen LogP contribution in [0.1, 0.15) is 40.5 Å². The van der Waals surface area contributed by atoms with Gasteiger partial charge < -0.3 is 34.1 Å². The second-order valence-corrected chi connectivity index (χ2v) is 16.3. The van der Waals surface area contributed by atoms with Gasteiger partial charge in [-0.3, -0.25) is 0 Å². The summed E-state index contributed by atoms with van der Waals surface area (Å²) in [5.41, 5.74) is 3.91. The molecular formula is C54H54N4O10. The average Bonchev–Trinajstić information content (AvgIpc) is 3.38. The lowest BCUT2D eigenvalue weighted by atomic mass is 9.84. The van der Waals surface area contributed by atoms with E-state index in [-0.39, 0.29) is 43.8 Å². The zero-order valence-electron chi connectivity index (χ0n) is 38.5. The number of aromatic nitrogens is 3. The summed E-state index contributed by atoms with van der Waals surface area (Å²) in [6.45, 7) is 12.5. The monoisotopic (exact) mass is 918 g/mol. The lowest BCUT2D eigenvalue weighted by Crippen LogP contribution is -2.54. The van der Waals surface area contributed by atoms with Crippen LogP contribution in [0, 0.1) is 5.41 Å². The van der Waals surface area contributed by atoms with E-state index in [9.17, 15) is 24.3 Å². The van der Waals surface area contributed by atoms with Gasteiger partial charge in [0.25, 0.3) is 0 Å². The summed E-state index contributed by atoms with van der Waals surface area (Å²) in [6.07, 6.45) is 0.885. The first-order valence-corrected chi connectivity index (χ1v) is 22.0. The molecule has 0 saturated heterocycles. The molecule has 0 aliphatic carbocycles. The zero-order chi connectivity index (χ0) is 48.7. The molecule has 350 valence electrons. The SMILES string of the molecule is C=CC(=O)OCC(C)(COC(=O)C=C)NC(=O)OCC(CC)(CC)COC(=O)C(C)Oc1ccc(-c2nc(-c3ccc(-c4ccccc4)cc3)nc(-c3ccc(-c4ccccc4)cc3)n2)c(O)c1. The Balaban J connectivity index is 1.15. The van der Waals surface area contributed by atoms with Crippen LogP contribution in [0.25, 0.3) is 56.4 Å². The van der Waals surface area contributed by atoms with Crippen molar-refractivity contribution in [3.63, 3.8) is 0 Å². The highest BCUT2D eigenvalue weighted by atomic mass is 16.6. The topological polar surface area (TPSA) is 185 Å². The molecule has 0 fully saturated rings. The predicted molar refractivity (Wildman–Crippen MR) is 258 cm³/mol. The second kappa shape index (κ2) is 22.9. The molecule has 1 unspecified atom stereocenters. The lowest BCUT2D eigenvalue weighted by Gasteiger charge is -2.32. The van der Waals surface area contributed by atoms with Crippen molar-refractivity contribution in [3.8, 4) is 67.9 Å². The molecule has 14 heteroatoms. The van der Waals surface area contributed by atoms with E-state index in [0.717, 1.165) is 45.5 Å². The Morgan fingerprint density at radius 1 is 0.603 bits per heavy atom. The number of carbonyl (C=O) groups excluding carboxylic acids is 4. The van der Waals surface area contributed by atoms with E-state index in [4.69, 9.17) is 38.6 Å². The summed E-state index contributed by atoms with van der Waals surface area (Å²) < 4.78 is 27.4. The highest BCUT2D eigenvalue weighted by Gasteiger charge is 2.35. The minimum Gasteiger partial charge on any atom is -0.507 e. The number of esters is 3. The van der Waals surface area contributed by atoms with Crippen LogP contribution in [-0.4, -0.2) is 82.1 Å². The molecule has 0 saturated carbocycles. The first kappa shape index (κ1) is 49.3. The van der Waals surface area contributed by atoms with Crippen molar-refractivity contribution >= 4 is 24.0 Å². The standard InChI is InChI=1S/C54H54N4O10/c1-7-46(60)64-32-53(6,33-65-47(61)8-2)58-52(63)67-35-54(9-3,10-4)34-66-51(62)36(5)68-43-29-30-44(45(59)31-43)50-56-48(41-25-21-39(22-26-41)37-17-13-11-14-18-37)55-49(57-50)42-27-23-40(24-28-42)38-19-15-12-16-20-38/h7-8,11-31,36,59H,1-2,9-10,32-35H2,3-6H3,(H,58,63). The van der Waals surface area contributed by atoms with E-state index >= 15 is 0 Å². The third kappa shape index (κ3) is 13.0. The van der Waals surface area contributed by atoms with Crippen LogP contribution in [0.2, 0.25) is 0 Å². The van der Waals surface area contributed by atoms with Crippen LogP contribution in [0.5, 0.6) is 11.5 Å². The normalized spacial score (nSPS) is 11.6. The number of amides is 1. The number of ether oxygens (including phenoxy) is 5. The van der Waals surface area contributed by atoms with Gasteiger partial charge in [0.2, 0.25) is 0 Å². The number of hydrogen-bond acceptors (Lipinski definition) is 13. The van der Waals surface area contributed by atoms with Gasteiger partial charge in [0.15, 0.2) is 23.6 Å². The van der Waals surface area contributed by atoms with Gasteiger partial charge in [0, 0.05) is 34.8 Å². The predicted octanol–water partition coefficient (Wildman–Crippen LogP) is 9.97. The number of alkyl carbamates (subject to hydrolysis) is 1. The molecule has 2 N–H and O–H groups in total. The van der Waals surface area contributed by atoms with Crippen molar-refractivity contribution in [2.75, 3.05) is 26.4 Å². The maximum absolute atomic E-state index is 13.3. The van der Waals surface area contributed by atoms with Gasteiger partial charge >= 0.3 is 24.0 Å². The smallest absolute Gasteiger partial charge is 0.407 e. The molecular weight excluding hydrogens is 865 g/mol. The molecule has 68 heavy (non-hydrogen) atoms. The summed E-state index contributed by atoms with van der Waals surface area (Å²) in [4.78, 5) is 64.3. The molecule has 5 aromatic carbocycles. The van der Waals surface area contributed by atoms with Crippen molar-refractivity contribution in [3.05, 3.63) is 153 Å². The minimum absolute atomic E-state index is 0.108. The molecule has 1 amide bonds. The number of hydrogen-bond donors (Lipinski definition) is 2. The molecule has 6 aromatic rings. The number of nitrogens with zero attached hydrogens (tertiary/aromatic N) is 3. The Labute approximate surface area is 395 Å². The third-order valence-electron chi connectivity index (χ3n) is 11.3. The molecule has 1 heterocycles. The van der Waals surface area contributed by atoms with E-state index in [0.29, 0.717) is 30.1 Å². The fourth-order valence-corrected chi connectivity index (χ4v) is 6.90. The zero-order valence-corrected chi connectivity index (χ0v) is 38.5. The van der Waals surface area contributed by atoms with Gasteiger partial charge in [0.1, 0.15) is 43.5 Å². The molecule has 14 nitrogen and oxygen atoms in total. The van der Waals surface area contributed by atoms with Gasteiger partial charge in [-0.2, -0.15) is 0 Å². The highest BCUT2D eigenvalue weighted by Crippen LogP contribution is 2.35. The van der Waals surface area contributed by atoms with Crippen LogP contribution in [0.4, 0.5) is 4.79 Å². The van der Waals surface area contributed by atoms with Gasteiger partial charge in [-0.15, -0.1) is 0 Å². The quantitative estimate of drug-likeness (QED) is 0.0395. The Morgan fingerprint density at radius 3 is 1.50 bits per heavy atom. The molecule has 0 aliphatic rings. The highest BCUT2D eigenvalue weighted by molar-refractivity contribution is 5.82. The fourth-order valence-electron chi connectivity index (χ4n) is 6.90. The van der Waals surface area contributed by atoms with Gasteiger partial charge in [-0.25, -0.2) is 34.1 Å². The van der Waals surface area contributed by atoms with E-state index in [2.05, 4.69) is 18.5 Å². The van der Waals surface area contributed by atoms with Crippen LogP contribution in [0.15, 0.2) is 153 Å². The molecule has 0 aliphatic heterocycles. The summed E-state index contributed by atoms with van der Waals surface area (Å²) >= 11 is 0. The van der Waals surface area contributed by atoms with Crippen LogP contribution in [0.3, 0.4) is 0 Å². The van der Waals surface area contributed by atoms with E-state index < -0.39 is 41.1 Å². The lowest BCUT2D eigenvalue weighted by molar-refractivity contribution is -0.156. The van der Waals surface area contributed by atoms with E-state index in [1.165, 1.54) is 19.9 Å². The first-order chi connectivity index (χ1) is 32.8. The van der Waals surface area contributed by atoms with E-state index in [1.807, 2.05) is 123 Å². The number of phenolic OH excluding ortho intramolecular Hbond substituents is 1. The number of phenols is 1. The summed E-state index contributed by atoms with van der Waals surface area (Å²) in [6, 6.07) is 40.5. The first-order valence-electron chi connectivity index (χ1n) is 22.0. The third-order valence-corrected chi connectivity index (χ3v) is 11.3. The average molecular weight is 919 g/mol. The molecule has 0 bridgehead atoms. The maximum Gasteiger partial charge on any atom is 0.407 e. The van der Waals surface area contributed by atoms with Crippen molar-refractivity contribution in [2.45, 2.75) is 52.2 Å². The Kier molecular flexibility index (Phi) is 16.6. The van der Waals surface area contributed by atoms with Crippen LogP contribution < -0.4 is 10.1 Å². The molecule has 0 spiro atoms. The van der Waals surface area contributed by atoms with Crippen LogP contribution in [-0.2, 0) is 33.3 Å². The van der Waals surface area contributed by atoms with Crippen molar-refractivity contribution in [1.29, 1.82) is 0 Å². The number of aromatic hydroxyl groups is 1. The Morgan fingerprint density at radius 2 is 1.04 bits per heavy atom. The minimum atomic E-state index is -1.36. The summed E-state index contributed by atoms with van der Waals surface area (Å²) in [5.74, 6) is -1.12. The van der Waals surface area contributed by atoms with E-state index in [1.54, 1.807) is 12.1 Å². The van der Waals surface area contributed by atoms with Gasteiger partial charge in [0.05, 0.1) is 5.56 Å². The Bertz CT molecular complexity index is 2580. The largest absolute Gasteiger partial charge is 0.507 e. The summed E-state index contributed by atoms with van der Waals surface area (Å²) in [7, 11) is 0. The molecule has 6 rings (SSSR count). The molecule has 0 radical (unpaired) electrons. The summed E-state index contributed by atoms with van der Waals surface area (Å²) in [5, 5.41) is 14.0. The number of rotatable bonds is 21. The maximum atomic E-state index is 13.3. The van der Waals surface area contributed by atoms with Crippen LogP contribution >= 0.6 is 0 Å². The number of nitrogens with one attached hydrogen (secondary N) is 1. The number of carbonyl (C=O) groups is 4. The fraction of sp³-hybridized carbons (Fsp3) is 0.241. The number of benzene rings is 5. The Hall–Kier alpha value is -8.13. The van der Waals surface area contributed by atoms with Crippen molar-refractivity contribution in [1.82, 2.24) is 20.3 Å². The molecule has 1 atom stereocenters. The van der Waals surface area contributed by atoms with Crippen molar-refractivity contribution < 1.29 is 48.0 Å². The second-order valence-electron chi connectivity index (χ2n) is 16.3. The van der Waals surface area contributed by atoms with Crippen molar-refractivity contribution in [2.24, 2.45) is 5.41 Å².